The van der Waals surface area contributed by atoms with Gasteiger partial charge >= 0.3 is 5.97 Å². The number of fused-ring (bicyclic) bond motifs is 1. The second-order valence-corrected chi connectivity index (χ2v) is 12.6. The third-order valence-corrected chi connectivity index (χ3v) is 10.3. The molecule has 0 spiro atoms. The summed E-state index contributed by atoms with van der Waals surface area (Å²) in [4.78, 5) is 14.5. The highest BCUT2D eigenvalue weighted by atomic mass is 35.5. The van der Waals surface area contributed by atoms with Gasteiger partial charge in [-0.25, -0.2) is 17.9 Å². The summed E-state index contributed by atoms with van der Waals surface area (Å²) in [5.41, 5.74) is 1.72. The van der Waals surface area contributed by atoms with Gasteiger partial charge in [0.1, 0.15) is 4.88 Å². The Morgan fingerprint density at radius 1 is 1.12 bits per heavy atom. The molecule has 2 aromatic heterocycles. The second-order valence-electron chi connectivity index (χ2n) is 8.07. The van der Waals surface area contributed by atoms with Crippen molar-refractivity contribution in [3.8, 4) is 10.4 Å². The van der Waals surface area contributed by atoms with E-state index in [1.807, 2.05) is 48.5 Å². The van der Waals surface area contributed by atoms with Crippen LogP contribution in [0.15, 0.2) is 60.7 Å². The summed E-state index contributed by atoms with van der Waals surface area (Å²) < 4.78 is 34.9. The molecule has 2 aromatic carbocycles. The van der Waals surface area contributed by atoms with E-state index in [4.69, 9.17) is 16.3 Å². The minimum Gasteiger partial charge on any atom is -0.462 e. The highest BCUT2D eigenvalue weighted by molar-refractivity contribution is 7.90. The van der Waals surface area contributed by atoms with Crippen molar-refractivity contribution in [3.63, 3.8) is 0 Å². The quantitative estimate of drug-likeness (QED) is 0.259. The lowest BCUT2D eigenvalue weighted by molar-refractivity contribution is 0.0532. The molecule has 1 N–H and O–H groups in total. The Bertz CT molecular complexity index is 1470. The summed E-state index contributed by atoms with van der Waals surface area (Å²) in [6, 6.07) is 18.5. The van der Waals surface area contributed by atoms with Gasteiger partial charge in [-0.05, 0) is 55.0 Å². The molecule has 1 aliphatic rings. The van der Waals surface area contributed by atoms with Gasteiger partial charge in [0.05, 0.1) is 17.9 Å². The maximum absolute atomic E-state index is 12.9. The second kappa shape index (κ2) is 9.43. The SMILES string of the molecule is CCOC(=O)c1ccc(-c2cccc3cc(C(NS(=O)(=O)C4CC4)c4ccccc4Cl)sc23)s1. The molecule has 34 heavy (non-hydrogen) atoms. The van der Waals surface area contributed by atoms with Crippen LogP contribution in [0, 0.1) is 0 Å². The molecule has 1 saturated carbocycles. The summed E-state index contributed by atoms with van der Waals surface area (Å²) in [5, 5.41) is 1.18. The molecule has 1 unspecified atom stereocenters. The fourth-order valence-electron chi connectivity index (χ4n) is 3.84. The highest BCUT2D eigenvalue weighted by Gasteiger charge is 2.38. The number of thiophene rings is 2. The molecule has 0 amide bonds. The van der Waals surface area contributed by atoms with E-state index < -0.39 is 16.1 Å². The van der Waals surface area contributed by atoms with Crippen LogP contribution in [-0.2, 0) is 14.8 Å². The average molecular weight is 532 g/mol. The van der Waals surface area contributed by atoms with E-state index in [9.17, 15) is 13.2 Å². The van der Waals surface area contributed by atoms with Gasteiger partial charge in [0.2, 0.25) is 10.0 Å². The van der Waals surface area contributed by atoms with Crippen LogP contribution >= 0.6 is 34.3 Å². The van der Waals surface area contributed by atoms with Crippen molar-refractivity contribution in [1.82, 2.24) is 4.72 Å². The van der Waals surface area contributed by atoms with Gasteiger partial charge in [0.25, 0.3) is 0 Å². The fourth-order valence-corrected chi connectivity index (χ4v) is 7.94. The van der Waals surface area contributed by atoms with Crippen molar-refractivity contribution < 1.29 is 17.9 Å². The molecule has 1 aliphatic carbocycles. The normalized spacial score (nSPS) is 14.9. The van der Waals surface area contributed by atoms with Crippen molar-refractivity contribution in [1.29, 1.82) is 0 Å². The van der Waals surface area contributed by atoms with Gasteiger partial charge in [0, 0.05) is 25.0 Å². The Kier molecular flexibility index (Phi) is 6.52. The van der Waals surface area contributed by atoms with Crippen molar-refractivity contribution in [3.05, 3.63) is 81.0 Å². The molecular weight excluding hydrogens is 510 g/mol. The number of nitrogens with one attached hydrogen (secondary N) is 1. The minimum atomic E-state index is -3.46. The number of carbonyl (C=O) groups excluding carboxylic acids is 1. The fraction of sp³-hybridized carbons (Fsp3) is 0.240. The lowest BCUT2D eigenvalue weighted by Gasteiger charge is -2.19. The van der Waals surface area contributed by atoms with E-state index in [0.717, 1.165) is 31.0 Å². The number of ether oxygens (including phenoxy) is 1. The van der Waals surface area contributed by atoms with E-state index in [-0.39, 0.29) is 11.2 Å². The van der Waals surface area contributed by atoms with E-state index in [1.165, 1.54) is 22.7 Å². The number of carbonyl (C=O) groups is 1. The van der Waals surface area contributed by atoms with Crippen LogP contribution < -0.4 is 4.72 Å². The zero-order valence-corrected chi connectivity index (χ0v) is 21.5. The van der Waals surface area contributed by atoms with Crippen molar-refractivity contribution in [2.24, 2.45) is 0 Å². The maximum atomic E-state index is 12.9. The predicted molar refractivity (Wildman–Crippen MR) is 139 cm³/mol. The number of benzene rings is 2. The van der Waals surface area contributed by atoms with E-state index in [1.54, 1.807) is 19.1 Å². The highest BCUT2D eigenvalue weighted by Crippen LogP contribution is 2.42. The van der Waals surface area contributed by atoms with Crippen LogP contribution in [-0.4, -0.2) is 26.2 Å². The van der Waals surface area contributed by atoms with Gasteiger partial charge in [-0.2, -0.15) is 0 Å². The van der Waals surface area contributed by atoms with Crippen LogP contribution in [0.5, 0.6) is 0 Å². The zero-order valence-electron chi connectivity index (χ0n) is 18.3. The number of sulfonamides is 1. The molecular formula is C25H22ClNO4S3. The van der Waals surface area contributed by atoms with Gasteiger partial charge < -0.3 is 4.74 Å². The summed E-state index contributed by atoms with van der Waals surface area (Å²) >= 11 is 9.43. The van der Waals surface area contributed by atoms with E-state index in [2.05, 4.69) is 4.72 Å². The maximum Gasteiger partial charge on any atom is 0.348 e. The van der Waals surface area contributed by atoms with Gasteiger partial charge in [-0.3, -0.25) is 0 Å². The topological polar surface area (TPSA) is 72.5 Å². The molecule has 0 bridgehead atoms. The summed E-state index contributed by atoms with van der Waals surface area (Å²) in [7, 11) is -3.46. The van der Waals surface area contributed by atoms with Crippen molar-refractivity contribution >= 4 is 60.4 Å². The summed E-state index contributed by atoms with van der Waals surface area (Å²) in [6.45, 7) is 2.11. The van der Waals surface area contributed by atoms with Crippen LogP contribution in [0.1, 0.15) is 45.9 Å². The molecule has 2 heterocycles. The Morgan fingerprint density at radius 2 is 1.91 bits per heavy atom. The first kappa shape index (κ1) is 23.5. The third-order valence-electron chi connectivity index (χ3n) is 5.66. The summed E-state index contributed by atoms with van der Waals surface area (Å²) in [5.74, 6) is -0.328. The molecule has 1 fully saturated rings. The van der Waals surface area contributed by atoms with Gasteiger partial charge in [0.15, 0.2) is 0 Å². The first-order valence-electron chi connectivity index (χ1n) is 10.9. The number of hydrogen-bond donors (Lipinski definition) is 1. The van der Waals surface area contributed by atoms with Crippen LogP contribution in [0.3, 0.4) is 0 Å². The molecule has 5 nitrogen and oxygen atoms in total. The number of halogens is 1. The van der Waals surface area contributed by atoms with E-state index in [0.29, 0.717) is 29.3 Å². The Hall–Kier alpha value is -2.23. The standard InChI is InChI=1S/C25H22ClNO4S3/c1-2-31-25(28)21-13-12-20(32-21)18-8-5-6-15-14-22(33-24(15)18)23(17-7-3-4-9-19(17)26)27-34(29,30)16-10-11-16/h3-9,12-14,16,23,27H,2,10-11H2,1H3. The molecule has 1 atom stereocenters. The van der Waals surface area contributed by atoms with Gasteiger partial charge in [-0.1, -0.05) is 48.0 Å². The largest absolute Gasteiger partial charge is 0.462 e. The lowest BCUT2D eigenvalue weighted by atomic mass is 10.1. The molecule has 0 radical (unpaired) electrons. The van der Waals surface area contributed by atoms with Gasteiger partial charge in [-0.15, -0.1) is 22.7 Å². The number of hydrogen-bond acceptors (Lipinski definition) is 6. The first-order chi connectivity index (χ1) is 16.4. The molecule has 5 rings (SSSR count). The van der Waals surface area contributed by atoms with Crippen LogP contribution in [0.2, 0.25) is 5.02 Å². The molecule has 4 aromatic rings. The molecule has 0 saturated heterocycles. The van der Waals surface area contributed by atoms with E-state index >= 15 is 0 Å². The number of rotatable bonds is 8. The average Bonchev–Trinajstić information content (AvgIpc) is 3.42. The Labute approximate surface area is 211 Å². The molecule has 176 valence electrons. The zero-order chi connectivity index (χ0) is 23.9. The first-order valence-corrected chi connectivity index (χ1v) is 14.5. The Balaban J connectivity index is 1.58. The molecule has 9 heteroatoms. The van der Waals surface area contributed by atoms with Crippen LogP contribution in [0.4, 0.5) is 0 Å². The minimum absolute atomic E-state index is 0.328. The predicted octanol–water partition coefficient (Wildman–Crippen LogP) is 6.63. The third kappa shape index (κ3) is 4.65. The number of esters is 1. The smallest absolute Gasteiger partial charge is 0.348 e. The molecule has 0 aliphatic heterocycles. The van der Waals surface area contributed by atoms with Crippen LogP contribution in [0.25, 0.3) is 20.5 Å². The Morgan fingerprint density at radius 3 is 2.65 bits per heavy atom. The van der Waals surface area contributed by atoms with Crippen molar-refractivity contribution in [2.75, 3.05) is 6.61 Å². The van der Waals surface area contributed by atoms with Crippen molar-refractivity contribution in [2.45, 2.75) is 31.1 Å². The summed E-state index contributed by atoms with van der Waals surface area (Å²) in [6.07, 6.45) is 1.37. The monoisotopic (exact) mass is 531 g/mol. The lowest BCUT2D eigenvalue weighted by Crippen LogP contribution is -2.31.